The standard InChI is InChI=1S/C9H8Cl2S/c1-7-2-4-8(5-3-7)12-9(11)6-10/h2-6H,1H3/b9-6-. The van der Waals surface area contributed by atoms with Gasteiger partial charge in [0.25, 0.3) is 0 Å². The molecular weight excluding hydrogens is 211 g/mol. The molecular formula is C9H8Cl2S. The SMILES string of the molecule is Cc1ccc(S/C(Cl)=C\Cl)cc1. The third-order valence-electron chi connectivity index (χ3n) is 1.32. The number of rotatable bonds is 2. The van der Waals surface area contributed by atoms with Crippen molar-refractivity contribution in [1.82, 2.24) is 0 Å². The smallest absolute Gasteiger partial charge is 0.0895 e. The molecule has 0 amide bonds. The van der Waals surface area contributed by atoms with Crippen molar-refractivity contribution in [3.63, 3.8) is 0 Å². The van der Waals surface area contributed by atoms with Crippen LogP contribution in [0.2, 0.25) is 0 Å². The highest BCUT2D eigenvalue weighted by Gasteiger charge is 1.95. The molecule has 3 heteroatoms. The molecule has 0 aliphatic heterocycles. The molecule has 0 radical (unpaired) electrons. The van der Waals surface area contributed by atoms with Crippen molar-refractivity contribution in [1.29, 1.82) is 0 Å². The van der Waals surface area contributed by atoms with Crippen molar-refractivity contribution in [2.45, 2.75) is 11.8 Å². The van der Waals surface area contributed by atoms with Gasteiger partial charge in [0.1, 0.15) is 0 Å². The van der Waals surface area contributed by atoms with Gasteiger partial charge in [0.2, 0.25) is 0 Å². The lowest BCUT2D eigenvalue weighted by Gasteiger charge is -1.98. The van der Waals surface area contributed by atoms with Crippen molar-refractivity contribution in [2.75, 3.05) is 0 Å². The van der Waals surface area contributed by atoms with Gasteiger partial charge in [-0.05, 0) is 19.1 Å². The maximum absolute atomic E-state index is 5.73. The van der Waals surface area contributed by atoms with Crippen LogP contribution in [0.25, 0.3) is 0 Å². The zero-order valence-corrected chi connectivity index (χ0v) is 8.88. The van der Waals surface area contributed by atoms with Crippen molar-refractivity contribution >= 4 is 35.0 Å². The molecule has 1 aromatic rings. The summed E-state index contributed by atoms with van der Waals surface area (Å²) in [5.74, 6) is 0. The lowest BCUT2D eigenvalue weighted by molar-refractivity contribution is 1.38. The fraction of sp³-hybridized carbons (Fsp3) is 0.111. The molecule has 0 spiro atoms. The van der Waals surface area contributed by atoms with E-state index in [0.717, 1.165) is 4.90 Å². The normalized spacial score (nSPS) is 11.8. The molecule has 0 fully saturated rings. The molecule has 0 aliphatic rings. The molecule has 0 saturated carbocycles. The Labute approximate surface area is 86.6 Å². The summed E-state index contributed by atoms with van der Waals surface area (Å²) in [6.45, 7) is 2.05. The summed E-state index contributed by atoms with van der Waals surface area (Å²) >= 11 is 12.6. The Morgan fingerprint density at radius 1 is 1.33 bits per heavy atom. The van der Waals surface area contributed by atoms with Crippen molar-refractivity contribution < 1.29 is 0 Å². The number of thioether (sulfide) groups is 1. The fourth-order valence-corrected chi connectivity index (χ4v) is 1.68. The molecule has 0 atom stereocenters. The quantitative estimate of drug-likeness (QED) is 0.665. The van der Waals surface area contributed by atoms with Crippen LogP contribution in [0.15, 0.2) is 39.1 Å². The van der Waals surface area contributed by atoms with E-state index in [9.17, 15) is 0 Å². The second-order valence-corrected chi connectivity index (χ2v) is 4.29. The van der Waals surface area contributed by atoms with E-state index in [2.05, 4.69) is 0 Å². The Balaban J connectivity index is 2.71. The molecule has 0 saturated heterocycles. The first kappa shape index (κ1) is 9.97. The number of halogens is 2. The van der Waals surface area contributed by atoms with Gasteiger partial charge in [0.15, 0.2) is 0 Å². The van der Waals surface area contributed by atoms with Gasteiger partial charge in [0, 0.05) is 10.4 Å². The molecule has 1 rings (SSSR count). The van der Waals surface area contributed by atoms with E-state index in [4.69, 9.17) is 23.2 Å². The number of benzene rings is 1. The summed E-state index contributed by atoms with van der Waals surface area (Å²) in [7, 11) is 0. The Kier molecular flexibility index (Phi) is 3.99. The Morgan fingerprint density at radius 3 is 2.42 bits per heavy atom. The minimum Gasteiger partial charge on any atom is -0.0908 e. The first-order valence-corrected chi connectivity index (χ1v) is 5.06. The van der Waals surface area contributed by atoms with E-state index in [1.165, 1.54) is 22.9 Å². The van der Waals surface area contributed by atoms with Crippen molar-refractivity contribution in [3.05, 3.63) is 39.7 Å². The zero-order valence-electron chi connectivity index (χ0n) is 6.55. The highest BCUT2D eigenvalue weighted by atomic mass is 35.5. The van der Waals surface area contributed by atoms with E-state index in [1.54, 1.807) is 0 Å². The molecule has 0 aliphatic carbocycles. The summed E-state index contributed by atoms with van der Waals surface area (Å²) in [6.07, 6.45) is 0. The van der Waals surface area contributed by atoms with Crippen LogP contribution >= 0.6 is 35.0 Å². The van der Waals surface area contributed by atoms with E-state index in [0.29, 0.717) is 4.36 Å². The summed E-state index contributed by atoms with van der Waals surface area (Å²) in [4.78, 5) is 1.10. The number of hydrogen-bond donors (Lipinski definition) is 0. The third-order valence-corrected chi connectivity index (χ3v) is 2.94. The van der Waals surface area contributed by atoms with Gasteiger partial charge in [-0.15, -0.1) is 0 Å². The number of hydrogen-bond acceptors (Lipinski definition) is 1. The first-order chi connectivity index (χ1) is 5.72. The van der Waals surface area contributed by atoms with Crippen molar-refractivity contribution in [2.24, 2.45) is 0 Å². The van der Waals surface area contributed by atoms with Crippen LogP contribution in [0, 0.1) is 6.92 Å². The Morgan fingerprint density at radius 2 is 1.92 bits per heavy atom. The van der Waals surface area contributed by atoms with Crippen LogP contribution < -0.4 is 0 Å². The lowest BCUT2D eigenvalue weighted by atomic mass is 10.2. The van der Waals surface area contributed by atoms with Gasteiger partial charge in [-0.25, -0.2) is 0 Å². The van der Waals surface area contributed by atoms with Gasteiger partial charge in [-0.3, -0.25) is 0 Å². The van der Waals surface area contributed by atoms with E-state index < -0.39 is 0 Å². The third kappa shape index (κ3) is 3.10. The summed E-state index contributed by atoms with van der Waals surface area (Å²) < 4.78 is 0.584. The summed E-state index contributed by atoms with van der Waals surface area (Å²) in [5, 5.41) is 0. The lowest BCUT2D eigenvalue weighted by Crippen LogP contribution is -1.72. The van der Waals surface area contributed by atoms with Crippen LogP contribution in [0.4, 0.5) is 0 Å². The van der Waals surface area contributed by atoms with Crippen LogP contribution in [-0.2, 0) is 0 Å². The molecule has 64 valence electrons. The Bertz CT molecular complexity index is 277. The molecule has 0 N–H and O–H groups in total. The average Bonchev–Trinajstić information content (AvgIpc) is 2.09. The predicted octanol–water partition coefficient (Wildman–Crippen LogP) is 4.36. The first-order valence-electron chi connectivity index (χ1n) is 3.43. The van der Waals surface area contributed by atoms with E-state index in [1.807, 2.05) is 31.2 Å². The van der Waals surface area contributed by atoms with Gasteiger partial charge in [-0.1, -0.05) is 52.7 Å². The highest BCUT2D eigenvalue weighted by molar-refractivity contribution is 8.04. The fourth-order valence-electron chi connectivity index (χ4n) is 0.741. The van der Waals surface area contributed by atoms with Gasteiger partial charge in [0.05, 0.1) is 4.36 Å². The van der Waals surface area contributed by atoms with Crippen LogP contribution in [-0.4, -0.2) is 0 Å². The van der Waals surface area contributed by atoms with Gasteiger partial charge >= 0.3 is 0 Å². The molecule has 0 unspecified atom stereocenters. The maximum atomic E-state index is 5.73. The second-order valence-electron chi connectivity index (χ2n) is 2.33. The van der Waals surface area contributed by atoms with Crippen LogP contribution in [0.5, 0.6) is 0 Å². The minimum atomic E-state index is 0.584. The van der Waals surface area contributed by atoms with Gasteiger partial charge in [-0.2, -0.15) is 0 Å². The minimum absolute atomic E-state index is 0.584. The average molecular weight is 219 g/mol. The van der Waals surface area contributed by atoms with Gasteiger partial charge < -0.3 is 0 Å². The molecule has 12 heavy (non-hydrogen) atoms. The van der Waals surface area contributed by atoms with E-state index in [-0.39, 0.29) is 0 Å². The summed E-state index contributed by atoms with van der Waals surface area (Å²) in [5.41, 5.74) is 2.61. The largest absolute Gasteiger partial charge is 0.0908 e. The Hall–Kier alpha value is -0.110. The van der Waals surface area contributed by atoms with Crippen molar-refractivity contribution in [3.8, 4) is 0 Å². The zero-order chi connectivity index (χ0) is 8.97. The monoisotopic (exact) mass is 218 g/mol. The molecule has 0 nitrogen and oxygen atoms in total. The maximum Gasteiger partial charge on any atom is 0.0895 e. The highest BCUT2D eigenvalue weighted by Crippen LogP contribution is 2.29. The molecule has 0 heterocycles. The molecule has 1 aromatic carbocycles. The number of aryl methyl sites for hydroxylation is 1. The second kappa shape index (κ2) is 4.80. The predicted molar refractivity (Wildman–Crippen MR) is 56.8 cm³/mol. The molecule has 0 bridgehead atoms. The van der Waals surface area contributed by atoms with Crippen LogP contribution in [0.1, 0.15) is 5.56 Å². The van der Waals surface area contributed by atoms with E-state index >= 15 is 0 Å². The molecule has 0 aromatic heterocycles. The topological polar surface area (TPSA) is 0 Å². The summed E-state index contributed by atoms with van der Waals surface area (Å²) in [6, 6.07) is 8.12. The van der Waals surface area contributed by atoms with Crippen LogP contribution in [0.3, 0.4) is 0 Å².